The number of phenols is 1. The highest BCUT2D eigenvalue weighted by Gasteiger charge is 2.18. The summed E-state index contributed by atoms with van der Waals surface area (Å²) in [5.41, 5.74) is 3.53. The smallest absolute Gasteiger partial charge is 0.133 e. The fourth-order valence-corrected chi connectivity index (χ4v) is 3.35. The van der Waals surface area contributed by atoms with Gasteiger partial charge in [0.1, 0.15) is 11.6 Å². The van der Waals surface area contributed by atoms with Gasteiger partial charge in [-0.2, -0.15) is 0 Å². The highest BCUT2D eigenvalue weighted by atomic mass is 35.5. The summed E-state index contributed by atoms with van der Waals surface area (Å²) in [5, 5.41) is 10.9. The minimum atomic E-state index is -0.398. The van der Waals surface area contributed by atoms with Gasteiger partial charge in [-0.15, -0.1) is 0 Å². The number of halogens is 3. The van der Waals surface area contributed by atoms with Crippen LogP contribution in [0, 0.1) is 5.82 Å². The number of hydrogen-bond donors (Lipinski definition) is 1. The first-order valence-corrected chi connectivity index (χ1v) is 8.59. The Kier molecular flexibility index (Phi) is 5.95. The molecular weight excluding hydrogens is 346 g/mol. The van der Waals surface area contributed by atoms with E-state index in [0.717, 1.165) is 11.1 Å². The van der Waals surface area contributed by atoms with Crippen molar-refractivity contribution in [3.05, 3.63) is 68.0 Å². The molecule has 0 bridgehead atoms. The third kappa shape index (κ3) is 4.12. The normalized spacial score (nSPS) is 11.0. The molecule has 0 radical (unpaired) electrons. The van der Waals surface area contributed by atoms with Gasteiger partial charge >= 0.3 is 0 Å². The number of rotatable bonds is 4. The fraction of sp³-hybridized carbons (Fsp3) is 0.300. The van der Waals surface area contributed by atoms with Gasteiger partial charge in [0.15, 0.2) is 0 Å². The van der Waals surface area contributed by atoms with E-state index < -0.39 is 5.82 Å². The van der Waals surface area contributed by atoms with Gasteiger partial charge in [-0.05, 0) is 54.7 Å². The highest BCUT2D eigenvalue weighted by molar-refractivity contribution is 6.36. The first kappa shape index (κ1) is 18.8. The lowest BCUT2D eigenvalue weighted by Gasteiger charge is -2.15. The van der Waals surface area contributed by atoms with Crippen LogP contribution < -0.4 is 0 Å². The molecule has 0 heterocycles. The molecule has 24 heavy (non-hydrogen) atoms. The Labute approximate surface area is 152 Å². The molecule has 128 valence electrons. The summed E-state index contributed by atoms with van der Waals surface area (Å²) in [6, 6.07) is 6.76. The molecule has 0 aliphatic rings. The van der Waals surface area contributed by atoms with E-state index in [1.807, 2.05) is 45.9 Å². The Morgan fingerprint density at radius 2 is 1.75 bits per heavy atom. The molecule has 0 aliphatic heterocycles. The molecule has 2 rings (SSSR count). The molecule has 2 aromatic rings. The summed E-state index contributed by atoms with van der Waals surface area (Å²) < 4.78 is 14.7. The minimum Gasteiger partial charge on any atom is -0.508 e. The molecule has 0 atom stereocenters. The fourth-order valence-electron chi connectivity index (χ4n) is 2.71. The molecule has 0 aromatic heterocycles. The van der Waals surface area contributed by atoms with E-state index in [9.17, 15) is 9.50 Å². The minimum absolute atomic E-state index is 0.0256. The van der Waals surface area contributed by atoms with Crippen molar-refractivity contribution in [2.45, 2.75) is 40.0 Å². The standard InChI is InChI=1S/C20H21Cl2FO/c1-11(2)7-13-8-16(21)15(17(22)9-13)10-14-5-6-18(24)19(12(3)4)20(14)23/h5-9,12,24H,10H2,1-4H3. The maximum atomic E-state index is 14.7. The van der Waals surface area contributed by atoms with Gasteiger partial charge in [-0.1, -0.05) is 54.8 Å². The van der Waals surface area contributed by atoms with Gasteiger partial charge < -0.3 is 5.11 Å². The Hall–Kier alpha value is -1.51. The molecule has 0 amide bonds. The van der Waals surface area contributed by atoms with E-state index in [1.165, 1.54) is 6.07 Å². The van der Waals surface area contributed by atoms with Crippen molar-refractivity contribution >= 4 is 29.3 Å². The largest absolute Gasteiger partial charge is 0.508 e. The van der Waals surface area contributed by atoms with Gasteiger partial charge in [-0.25, -0.2) is 4.39 Å². The molecule has 0 unspecified atom stereocenters. The maximum absolute atomic E-state index is 14.7. The molecule has 0 saturated heterocycles. The van der Waals surface area contributed by atoms with Crippen molar-refractivity contribution in [2.75, 3.05) is 0 Å². The van der Waals surface area contributed by atoms with Crippen molar-refractivity contribution in [1.82, 2.24) is 0 Å². The van der Waals surface area contributed by atoms with Gasteiger partial charge in [-0.3, -0.25) is 0 Å². The summed E-state index contributed by atoms with van der Waals surface area (Å²) >= 11 is 12.7. The predicted octanol–water partition coefficient (Wildman–Crippen LogP) is 6.98. The van der Waals surface area contributed by atoms with Crippen LogP contribution in [0.1, 0.15) is 55.9 Å². The number of phenolic OH excluding ortho intramolecular Hbond substituents is 1. The Bertz CT molecular complexity index is 767. The lowest BCUT2D eigenvalue weighted by Crippen LogP contribution is -2.01. The molecule has 0 fully saturated rings. The molecule has 1 nitrogen and oxygen atoms in total. The van der Waals surface area contributed by atoms with Gasteiger partial charge in [0.2, 0.25) is 0 Å². The zero-order chi connectivity index (χ0) is 18.0. The first-order chi connectivity index (χ1) is 11.2. The van der Waals surface area contributed by atoms with Crippen LogP contribution in [0.5, 0.6) is 5.75 Å². The number of hydrogen-bond acceptors (Lipinski definition) is 1. The van der Waals surface area contributed by atoms with Crippen LogP contribution in [0.2, 0.25) is 10.0 Å². The Morgan fingerprint density at radius 1 is 1.17 bits per heavy atom. The SMILES string of the molecule is CC(C)=Cc1cc(Cl)c(Cc2ccc(O)c(C(C)C)c2F)c(Cl)c1. The molecule has 1 N–H and O–H groups in total. The van der Waals surface area contributed by atoms with Crippen LogP contribution in [0.15, 0.2) is 29.8 Å². The summed E-state index contributed by atoms with van der Waals surface area (Å²) in [6.07, 6.45) is 2.26. The number of aromatic hydroxyl groups is 1. The van der Waals surface area contributed by atoms with E-state index >= 15 is 0 Å². The van der Waals surface area contributed by atoms with Crippen LogP contribution in [0.3, 0.4) is 0 Å². The highest BCUT2D eigenvalue weighted by Crippen LogP contribution is 2.34. The van der Waals surface area contributed by atoms with Crippen LogP contribution in [-0.4, -0.2) is 5.11 Å². The van der Waals surface area contributed by atoms with Crippen molar-refractivity contribution in [3.63, 3.8) is 0 Å². The van der Waals surface area contributed by atoms with Crippen molar-refractivity contribution in [1.29, 1.82) is 0 Å². The lowest BCUT2D eigenvalue weighted by molar-refractivity contribution is 0.452. The second-order valence-electron chi connectivity index (χ2n) is 6.49. The average molecular weight is 367 g/mol. The Balaban J connectivity index is 2.46. The molecule has 0 saturated carbocycles. The van der Waals surface area contributed by atoms with Crippen molar-refractivity contribution in [2.24, 2.45) is 0 Å². The maximum Gasteiger partial charge on any atom is 0.133 e. The third-order valence-corrected chi connectivity index (χ3v) is 4.47. The van der Waals surface area contributed by atoms with Gasteiger partial charge in [0.05, 0.1) is 0 Å². The molecule has 0 aliphatic carbocycles. The predicted molar refractivity (Wildman–Crippen MR) is 101 cm³/mol. The quantitative estimate of drug-likeness (QED) is 0.618. The van der Waals surface area contributed by atoms with Crippen molar-refractivity contribution < 1.29 is 9.50 Å². The second kappa shape index (κ2) is 7.58. The summed E-state index contributed by atoms with van der Waals surface area (Å²) in [4.78, 5) is 0. The third-order valence-electron chi connectivity index (χ3n) is 3.80. The van der Waals surface area contributed by atoms with E-state index in [0.29, 0.717) is 26.7 Å². The van der Waals surface area contributed by atoms with E-state index in [2.05, 4.69) is 0 Å². The molecule has 2 aromatic carbocycles. The monoisotopic (exact) mass is 366 g/mol. The topological polar surface area (TPSA) is 20.2 Å². The van der Waals surface area contributed by atoms with Crippen LogP contribution in [-0.2, 0) is 6.42 Å². The molecule has 4 heteroatoms. The number of allylic oxidation sites excluding steroid dienone is 1. The van der Waals surface area contributed by atoms with Crippen LogP contribution >= 0.6 is 23.2 Å². The lowest BCUT2D eigenvalue weighted by atomic mass is 9.95. The summed E-state index contributed by atoms with van der Waals surface area (Å²) in [6.45, 7) is 7.68. The van der Waals surface area contributed by atoms with E-state index in [-0.39, 0.29) is 18.1 Å². The zero-order valence-corrected chi connectivity index (χ0v) is 15.8. The summed E-state index contributed by atoms with van der Waals surface area (Å²) in [7, 11) is 0. The van der Waals surface area contributed by atoms with Gasteiger partial charge in [0.25, 0.3) is 0 Å². The van der Waals surface area contributed by atoms with Gasteiger partial charge in [0, 0.05) is 22.0 Å². The number of benzene rings is 2. The van der Waals surface area contributed by atoms with Crippen molar-refractivity contribution in [3.8, 4) is 5.75 Å². The first-order valence-electron chi connectivity index (χ1n) is 7.83. The van der Waals surface area contributed by atoms with Crippen LogP contribution in [0.4, 0.5) is 4.39 Å². The van der Waals surface area contributed by atoms with E-state index in [4.69, 9.17) is 23.2 Å². The molecule has 0 spiro atoms. The van der Waals surface area contributed by atoms with E-state index in [1.54, 1.807) is 6.07 Å². The zero-order valence-electron chi connectivity index (χ0n) is 14.3. The molecular formula is C20H21Cl2FO. The van der Waals surface area contributed by atoms with Crippen LogP contribution in [0.25, 0.3) is 6.08 Å². The second-order valence-corrected chi connectivity index (χ2v) is 7.30. The average Bonchev–Trinajstić information content (AvgIpc) is 2.43. The summed E-state index contributed by atoms with van der Waals surface area (Å²) in [5.74, 6) is -0.538. The Morgan fingerprint density at radius 3 is 2.25 bits per heavy atom.